The highest BCUT2D eigenvalue weighted by atomic mass is 19.1. The van der Waals surface area contributed by atoms with Gasteiger partial charge in [0.05, 0.1) is 17.7 Å². The lowest BCUT2D eigenvalue weighted by atomic mass is 9.68. The molecule has 170 valence electrons. The molecule has 2 N–H and O–H groups in total. The first kappa shape index (κ1) is 21.4. The van der Waals surface area contributed by atoms with Crippen molar-refractivity contribution in [1.82, 2.24) is 4.90 Å². The Labute approximate surface area is 191 Å². The SMILES string of the molecule is CC(F)O[C@H]1CC[C@]2(CC1)Oc1ccc(-c3cccc(C#N)c3)cc1C21N=C(N)N(C)C1=O. The number of nitrogens with two attached hydrogens (primary N) is 1. The number of alkyl halides is 1. The van der Waals surface area contributed by atoms with Crippen LogP contribution in [0.5, 0.6) is 5.75 Å². The van der Waals surface area contributed by atoms with Crippen molar-refractivity contribution < 1.29 is 18.7 Å². The number of amides is 1. The molecule has 2 atom stereocenters. The van der Waals surface area contributed by atoms with E-state index in [2.05, 4.69) is 6.07 Å². The highest BCUT2D eigenvalue weighted by molar-refractivity contribution is 6.08. The van der Waals surface area contributed by atoms with Crippen molar-refractivity contribution in [1.29, 1.82) is 5.26 Å². The fourth-order valence-corrected chi connectivity index (χ4v) is 5.42. The number of hydrogen-bond donors (Lipinski definition) is 1. The van der Waals surface area contributed by atoms with Gasteiger partial charge in [-0.05, 0) is 68.0 Å². The summed E-state index contributed by atoms with van der Waals surface area (Å²) < 4.78 is 25.3. The van der Waals surface area contributed by atoms with Gasteiger partial charge in [-0.15, -0.1) is 0 Å². The van der Waals surface area contributed by atoms with Gasteiger partial charge in [0, 0.05) is 12.6 Å². The van der Waals surface area contributed by atoms with Gasteiger partial charge in [0.15, 0.2) is 12.3 Å². The van der Waals surface area contributed by atoms with E-state index in [-0.39, 0.29) is 18.0 Å². The summed E-state index contributed by atoms with van der Waals surface area (Å²) in [5, 5.41) is 9.28. The highest BCUT2D eigenvalue weighted by Crippen LogP contribution is 2.59. The lowest BCUT2D eigenvalue weighted by Crippen LogP contribution is -2.58. The predicted octanol–water partition coefficient (Wildman–Crippen LogP) is 3.61. The quantitative estimate of drug-likeness (QED) is 0.773. The Hall–Kier alpha value is -3.44. The fourth-order valence-electron chi connectivity index (χ4n) is 5.42. The van der Waals surface area contributed by atoms with Crippen molar-refractivity contribution in [3.05, 3.63) is 53.6 Å². The van der Waals surface area contributed by atoms with Crippen molar-refractivity contribution >= 4 is 11.9 Å². The molecule has 7 nitrogen and oxygen atoms in total. The number of carbonyl (C=O) groups excluding carboxylic acids is 1. The summed E-state index contributed by atoms with van der Waals surface area (Å²) in [6.07, 6.45) is 0.476. The van der Waals surface area contributed by atoms with Gasteiger partial charge in [-0.2, -0.15) is 5.26 Å². The molecule has 0 saturated heterocycles. The summed E-state index contributed by atoms with van der Waals surface area (Å²) in [5.41, 5.74) is 6.83. The first-order chi connectivity index (χ1) is 15.8. The van der Waals surface area contributed by atoms with Crippen LogP contribution < -0.4 is 10.5 Å². The van der Waals surface area contributed by atoms with Crippen LogP contribution in [0.1, 0.15) is 43.7 Å². The Morgan fingerprint density at radius 3 is 2.64 bits per heavy atom. The standard InChI is InChI=1S/C25H25FN4O3/c1-15(26)32-19-8-10-24(11-9-19)25(22(31)30(2)23(28)29-25)20-13-18(6-7-21(20)33-24)17-5-3-4-16(12-17)14-27/h3-7,12-13,15,19H,8-11H2,1-2H3,(H2,28,29)/t15?,19-,24+,25?. The molecule has 1 fully saturated rings. The summed E-state index contributed by atoms with van der Waals surface area (Å²) >= 11 is 0. The van der Waals surface area contributed by atoms with Gasteiger partial charge in [0.25, 0.3) is 5.91 Å². The van der Waals surface area contributed by atoms with E-state index < -0.39 is 17.5 Å². The minimum Gasteiger partial charge on any atom is -0.483 e. The maximum absolute atomic E-state index is 13.7. The third-order valence-electron chi connectivity index (χ3n) is 7.02. The molecule has 2 heterocycles. The van der Waals surface area contributed by atoms with E-state index in [9.17, 15) is 14.4 Å². The molecule has 33 heavy (non-hydrogen) atoms. The number of nitriles is 1. The molecule has 2 aromatic carbocycles. The molecule has 3 aliphatic rings. The summed E-state index contributed by atoms with van der Waals surface area (Å²) in [7, 11) is 1.61. The van der Waals surface area contributed by atoms with Crippen LogP contribution in [0.15, 0.2) is 47.5 Å². The molecule has 1 aliphatic carbocycles. The predicted molar refractivity (Wildman–Crippen MR) is 120 cm³/mol. The van der Waals surface area contributed by atoms with E-state index >= 15 is 0 Å². The van der Waals surface area contributed by atoms with Crippen LogP contribution >= 0.6 is 0 Å². The van der Waals surface area contributed by atoms with Crippen LogP contribution in [0.2, 0.25) is 0 Å². The average Bonchev–Trinajstić information content (AvgIpc) is 3.21. The monoisotopic (exact) mass is 448 g/mol. The van der Waals surface area contributed by atoms with E-state index in [4.69, 9.17) is 20.2 Å². The zero-order chi connectivity index (χ0) is 23.4. The summed E-state index contributed by atoms with van der Waals surface area (Å²) in [4.78, 5) is 19.8. The first-order valence-electron chi connectivity index (χ1n) is 11.1. The van der Waals surface area contributed by atoms with E-state index in [1.807, 2.05) is 30.3 Å². The average molecular weight is 448 g/mol. The van der Waals surface area contributed by atoms with Crippen molar-refractivity contribution in [2.24, 2.45) is 10.7 Å². The second kappa shape index (κ2) is 7.56. The number of likely N-dealkylation sites (N-methyl/N-ethyl adjacent to an activating group) is 1. The molecule has 1 saturated carbocycles. The molecule has 2 aromatic rings. The summed E-state index contributed by atoms with van der Waals surface area (Å²) in [5.74, 6) is 0.497. The number of fused-ring (bicyclic) bond motifs is 3. The molecule has 2 unspecified atom stereocenters. The molecule has 2 aliphatic heterocycles. The first-order valence-corrected chi connectivity index (χ1v) is 11.1. The minimum atomic E-state index is -1.35. The topological polar surface area (TPSA) is 101 Å². The number of halogens is 1. The summed E-state index contributed by atoms with van der Waals surface area (Å²) in [6.45, 7) is 1.37. The molecular formula is C25H25FN4O3. The lowest BCUT2D eigenvalue weighted by molar-refractivity contribution is -0.145. The Morgan fingerprint density at radius 2 is 2.00 bits per heavy atom. The maximum atomic E-state index is 13.7. The number of aliphatic imine (C=N–C) groups is 1. The molecule has 2 spiro atoms. The third kappa shape index (κ3) is 3.10. The number of benzene rings is 2. The molecular weight excluding hydrogens is 423 g/mol. The van der Waals surface area contributed by atoms with Gasteiger partial charge >= 0.3 is 0 Å². The molecule has 0 aromatic heterocycles. The van der Waals surface area contributed by atoms with Crippen LogP contribution in [0.4, 0.5) is 4.39 Å². The van der Waals surface area contributed by atoms with Gasteiger partial charge in [0.2, 0.25) is 5.54 Å². The van der Waals surface area contributed by atoms with E-state index in [1.54, 1.807) is 19.2 Å². The Kier molecular flexibility index (Phi) is 4.91. The van der Waals surface area contributed by atoms with Gasteiger partial charge in [-0.1, -0.05) is 18.2 Å². The summed E-state index contributed by atoms with van der Waals surface area (Å²) in [6, 6.07) is 15.1. The molecule has 5 rings (SSSR count). The lowest BCUT2D eigenvalue weighted by Gasteiger charge is -2.43. The van der Waals surface area contributed by atoms with Gasteiger partial charge < -0.3 is 15.2 Å². The zero-order valence-electron chi connectivity index (χ0n) is 18.5. The third-order valence-corrected chi connectivity index (χ3v) is 7.02. The van der Waals surface area contributed by atoms with Gasteiger partial charge in [0.1, 0.15) is 11.4 Å². The normalized spacial score (nSPS) is 29.0. The second-order valence-electron chi connectivity index (χ2n) is 8.92. The van der Waals surface area contributed by atoms with Crippen LogP contribution in [0, 0.1) is 11.3 Å². The number of carbonyl (C=O) groups is 1. The number of rotatable bonds is 3. The van der Waals surface area contributed by atoms with E-state index in [1.165, 1.54) is 11.8 Å². The van der Waals surface area contributed by atoms with Gasteiger partial charge in [-0.25, -0.2) is 9.38 Å². The van der Waals surface area contributed by atoms with E-state index in [0.29, 0.717) is 42.6 Å². The number of hydrogen-bond acceptors (Lipinski definition) is 6. The number of guanidine groups is 1. The van der Waals surface area contributed by atoms with E-state index in [0.717, 1.165) is 11.1 Å². The fraction of sp³-hybridized carbons (Fsp3) is 0.400. The van der Waals surface area contributed by atoms with Crippen LogP contribution in [-0.4, -0.2) is 41.9 Å². The van der Waals surface area contributed by atoms with Crippen LogP contribution in [0.25, 0.3) is 11.1 Å². The molecule has 8 heteroatoms. The van der Waals surface area contributed by atoms with Gasteiger partial charge in [-0.3, -0.25) is 9.69 Å². The smallest absolute Gasteiger partial charge is 0.266 e. The largest absolute Gasteiger partial charge is 0.483 e. The Morgan fingerprint density at radius 1 is 1.27 bits per heavy atom. The molecule has 0 radical (unpaired) electrons. The number of ether oxygens (including phenoxy) is 2. The Balaban J connectivity index is 1.61. The van der Waals surface area contributed by atoms with Crippen molar-refractivity contribution in [2.75, 3.05) is 7.05 Å². The van der Waals surface area contributed by atoms with Crippen LogP contribution in [0.3, 0.4) is 0 Å². The van der Waals surface area contributed by atoms with Crippen molar-refractivity contribution in [3.8, 4) is 22.9 Å². The molecule has 0 bridgehead atoms. The highest BCUT2D eigenvalue weighted by Gasteiger charge is 2.69. The Bertz CT molecular complexity index is 1200. The number of nitrogens with zero attached hydrogens (tertiary/aromatic N) is 3. The molecule has 1 amide bonds. The van der Waals surface area contributed by atoms with Crippen LogP contribution in [-0.2, 0) is 15.1 Å². The zero-order valence-corrected chi connectivity index (χ0v) is 18.5. The minimum absolute atomic E-state index is 0.142. The maximum Gasteiger partial charge on any atom is 0.266 e. The second-order valence-corrected chi connectivity index (χ2v) is 8.92. The van der Waals surface area contributed by atoms with Crippen molar-refractivity contribution in [2.45, 2.75) is 56.2 Å². The van der Waals surface area contributed by atoms with Crippen molar-refractivity contribution in [3.63, 3.8) is 0 Å².